The Balaban J connectivity index is 2.52. The van der Waals surface area contributed by atoms with E-state index in [4.69, 9.17) is 5.73 Å². The summed E-state index contributed by atoms with van der Waals surface area (Å²) in [5, 5.41) is 0. The van der Waals surface area contributed by atoms with E-state index in [9.17, 15) is 4.39 Å². The molecule has 0 radical (unpaired) electrons. The van der Waals surface area contributed by atoms with E-state index in [0.717, 1.165) is 17.4 Å². The molecule has 0 saturated heterocycles. The van der Waals surface area contributed by atoms with Crippen molar-refractivity contribution in [1.82, 2.24) is 4.90 Å². The molecule has 1 unspecified atom stereocenters. The van der Waals surface area contributed by atoms with E-state index in [1.54, 1.807) is 6.07 Å². The standard InChI is InChI=1S/C12H18BrFN2/c1-16(2)6-5-11(15)7-9-3-4-10(13)8-12(9)14/h3-4,8,11H,5-7,15H2,1-2H3. The summed E-state index contributed by atoms with van der Waals surface area (Å²) in [6.07, 6.45) is 1.47. The van der Waals surface area contributed by atoms with Crippen molar-refractivity contribution in [2.75, 3.05) is 20.6 Å². The van der Waals surface area contributed by atoms with Gasteiger partial charge in [-0.2, -0.15) is 0 Å². The van der Waals surface area contributed by atoms with Gasteiger partial charge in [0.2, 0.25) is 0 Å². The zero-order valence-corrected chi connectivity index (χ0v) is 11.3. The molecular weight excluding hydrogens is 271 g/mol. The van der Waals surface area contributed by atoms with E-state index >= 15 is 0 Å². The van der Waals surface area contributed by atoms with Gasteiger partial charge in [-0.15, -0.1) is 0 Å². The molecule has 0 aromatic heterocycles. The van der Waals surface area contributed by atoms with Gasteiger partial charge in [0, 0.05) is 10.5 Å². The van der Waals surface area contributed by atoms with Crippen molar-refractivity contribution in [2.24, 2.45) is 5.73 Å². The van der Waals surface area contributed by atoms with E-state index in [2.05, 4.69) is 20.8 Å². The molecule has 1 atom stereocenters. The second kappa shape index (κ2) is 6.33. The third-order valence-corrected chi connectivity index (χ3v) is 2.94. The highest BCUT2D eigenvalue weighted by Gasteiger charge is 2.08. The van der Waals surface area contributed by atoms with Crippen LogP contribution in [0.2, 0.25) is 0 Å². The number of halogens is 2. The van der Waals surface area contributed by atoms with Gasteiger partial charge in [0.05, 0.1) is 0 Å². The molecular formula is C12H18BrFN2. The summed E-state index contributed by atoms with van der Waals surface area (Å²) in [7, 11) is 4.01. The van der Waals surface area contributed by atoms with E-state index in [1.807, 2.05) is 20.2 Å². The molecule has 4 heteroatoms. The monoisotopic (exact) mass is 288 g/mol. The number of hydrogen-bond acceptors (Lipinski definition) is 2. The molecule has 0 fully saturated rings. The van der Waals surface area contributed by atoms with E-state index in [-0.39, 0.29) is 11.9 Å². The zero-order chi connectivity index (χ0) is 12.1. The first-order valence-electron chi connectivity index (χ1n) is 5.33. The van der Waals surface area contributed by atoms with Crippen molar-refractivity contribution in [3.05, 3.63) is 34.1 Å². The lowest BCUT2D eigenvalue weighted by Crippen LogP contribution is -2.28. The molecule has 1 aromatic carbocycles. The molecule has 0 aliphatic carbocycles. The minimum Gasteiger partial charge on any atom is -0.327 e. The number of rotatable bonds is 5. The number of nitrogens with zero attached hydrogens (tertiary/aromatic N) is 1. The molecule has 0 bridgehead atoms. The van der Waals surface area contributed by atoms with Gasteiger partial charge in [-0.05, 0) is 51.2 Å². The van der Waals surface area contributed by atoms with Crippen LogP contribution in [0, 0.1) is 5.82 Å². The predicted octanol–water partition coefficient (Wildman–Crippen LogP) is 2.41. The largest absolute Gasteiger partial charge is 0.327 e. The Labute approximate surface area is 105 Å². The van der Waals surface area contributed by atoms with Crippen LogP contribution in [0.4, 0.5) is 4.39 Å². The molecule has 0 amide bonds. The van der Waals surface area contributed by atoms with Gasteiger partial charge in [0.25, 0.3) is 0 Å². The molecule has 0 aliphatic heterocycles. The Kier molecular flexibility index (Phi) is 5.38. The highest BCUT2D eigenvalue weighted by atomic mass is 79.9. The van der Waals surface area contributed by atoms with Crippen LogP contribution in [0.25, 0.3) is 0 Å². The summed E-state index contributed by atoms with van der Waals surface area (Å²) in [4.78, 5) is 2.08. The first-order chi connectivity index (χ1) is 7.49. The predicted molar refractivity (Wildman–Crippen MR) is 69.0 cm³/mol. The van der Waals surface area contributed by atoms with Gasteiger partial charge in [0.1, 0.15) is 5.82 Å². The van der Waals surface area contributed by atoms with Gasteiger partial charge in [-0.25, -0.2) is 4.39 Å². The number of nitrogens with two attached hydrogens (primary N) is 1. The Morgan fingerprint density at radius 3 is 2.69 bits per heavy atom. The van der Waals surface area contributed by atoms with Crippen LogP contribution in [0.3, 0.4) is 0 Å². The summed E-state index contributed by atoms with van der Waals surface area (Å²) in [5.74, 6) is -0.185. The summed E-state index contributed by atoms with van der Waals surface area (Å²) in [5.41, 5.74) is 6.65. The Bertz CT molecular complexity index is 342. The third-order valence-electron chi connectivity index (χ3n) is 2.44. The van der Waals surface area contributed by atoms with Gasteiger partial charge in [-0.1, -0.05) is 22.0 Å². The normalized spacial score (nSPS) is 13.1. The van der Waals surface area contributed by atoms with E-state index < -0.39 is 0 Å². The molecule has 1 rings (SSSR count). The molecule has 0 heterocycles. The van der Waals surface area contributed by atoms with Gasteiger partial charge in [-0.3, -0.25) is 0 Å². The maximum atomic E-state index is 13.5. The van der Waals surface area contributed by atoms with Crippen molar-refractivity contribution in [1.29, 1.82) is 0 Å². The summed E-state index contributed by atoms with van der Waals surface area (Å²) in [6, 6.07) is 5.12. The molecule has 2 N–H and O–H groups in total. The van der Waals surface area contributed by atoms with Crippen LogP contribution >= 0.6 is 15.9 Å². The first kappa shape index (κ1) is 13.6. The second-order valence-electron chi connectivity index (χ2n) is 4.29. The lowest BCUT2D eigenvalue weighted by atomic mass is 10.0. The topological polar surface area (TPSA) is 29.3 Å². The van der Waals surface area contributed by atoms with Gasteiger partial charge >= 0.3 is 0 Å². The minimum absolute atomic E-state index is 0.0121. The molecule has 2 nitrogen and oxygen atoms in total. The Morgan fingerprint density at radius 2 is 2.12 bits per heavy atom. The van der Waals surface area contributed by atoms with Crippen molar-refractivity contribution in [2.45, 2.75) is 18.9 Å². The summed E-state index contributed by atoms with van der Waals surface area (Å²) in [6.45, 7) is 0.930. The summed E-state index contributed by atoms with van der Waals surface area (Å²) < 4.78 is 14.3. The number of hydrogen-bond donors (Lipinski definition) is 1. The van der Waals surface area contributed by atoms with Crippen LogP contribution in [0.5, 0.6) is 0 Å². The van der Waals surface area contributed by atoms with Gasteiger partial charge < -0.3 is 10.6 Å². The first-order valence-corrected chi connectivity index (χ1v) is 6.12. The molecule has 1 aromatic rings. The lowest BCUT2D eigenvalue weighted by Gasteiger charge is -2.15. The molecule has 16 heavy (non-hydrogen) atoms. The molecule has 90 valence electrons. The average Bonchev–Trinajstić information content (AvgIpc) is 2.19. The van der Waals surface area contributed by atoms with Crippen molar-refractivity contribution < 1.29 is 4.39 Å². The number of benzene rings is 1. The van der Waals surface area contributed by atoms with Gasteiger partial charge in [0.15, 0.2) is 0 Å². The molecule has 0 saturated carbocycles. The van der Waals surface area contributed by atoms with E-state index in [0.29, 0.717) is 12.0 Å². The molecule has 0 aliphatic rings. The zero-order valence-electron chi connectivity index (χ0n) is 9.71. The van der Waals surface area contributed by atoms with Crippen LogP contribution in [-0.2, 0) is 6.42 Å². The smallest absolute Gasteiger partial charge is 0.127 e. The Hall–Kier alpha value is -0.450. The van der Waals surface area contributed by atoms with Crippen molar-refractivity contribution in [3.8, 4) is 0 Å². The quantitative estimate of drug-likeness (QED) is 0.902. The SMILES string of the molecule is CN(C)CCC(N)Cc1ccc(Br)cc1F. The fraction of sp³-hybridized carbons (Fsp3) is 0.500. The third kappa shape index (κ3) is 4.60. The van der Waals surface area contributed by atoms with Crippen molar-refractivity contribution in [3.63, 3.8) is 0 Å². The van der Waals surface area contributed by atoms with Crippen LogP contribution in [-0.4, -0.2) is 31.6 Å². The van der Waals surface area contributed by atoms with Crippen LogP contribution in [0.15, 0.2) is 22.7 Å². The molecule has 0 spiro atoms. The Morgan fingerprint density at radius 1 is 1.44 bits per heavy atom. The van der Waals surface area contributed by atoms with Crippen molar-refractivity contribution >= 4 is 15.9 Å². The fourth-order valence-electron chi connectivity index (χ4n) is 1.50. The second-order valence-corrected chi connectivity index (χ2v) is 5.21. The van der Waals surface area contributed by atoms with E-state index in [1.165, 1.54) is 6.07 Å². The summed E-state index contributed by atoms with van der Waals surface area (Å²) >= 11 is 3.23. The van der Waals surface area contributed by atoms with Crippen LogP contribution in [0.1, 0.15) is 12.0 Å². The van der Waals surface area contributed by atoms with Crippen LogP contribution < -0.4 is 5.73 Å². The lowest BCUT2D eigenvalue weighted by molar-refractivity contribution is 0.378. The maximum absolute atomic E-state index is 13.5. The highest BCUT2D eigenvalue weighted by molar-refractivity contribution is 9.10. The average molecular weight is 289 g/mol. The maximum Gasteiger partial charge on any atom is 0.127 e. The highest BCUT2D eigenvalue weighted by Crippen LogP contribution is 2.16. The fourth-order valence-corrected chi connectivity index (χ4v) is 1.83. The minimum atomic E-state index is -0.185.